The predicted octanol–water partition coefficient (Wildman–Crippen LogP) is 2.92. The first-order chi connectivity index (χ1) is 9.12. The smallest absolute Gasteiger partial charge is 0.230 e. The van der Waals surface area contributed by atoms with E-state index in [2.05, 4.69) is 34.4 Å². The molecule has 0 spiro atoms. The maximum absolute atomic E-state index is 6.13. The van der Waals surface area contributed by atoms with Gasteiger partial charge in [0.05, 0.1) is 5.54 Å². The van der Waals surface area contributed by atoms with Crippen LogP contribution in [0.3, 0.4) is 0 Å². The Hall–Kier alpha value is -1.68. The number of benzene rings is 1. The molecule has 1 aromatic carbocycles. The molecule has 2 aromatic rings. The quantitative estimate of drug-likeness (QED) is 0.914. The van der Waals surface area contributed by atoms with E-state index >= 15 is 0 Å². The van der Waals surface area contributed by atoms with Gasteiger partial charge in [0.25, 0.3) is 0 Å². The van der Waals surface area contributed by atoms with Crippen LogP contribution in [0.1, 0.15) is 55.8 Å². The highest BCUT2D eigenvalue weighted by atomic mass is 16.5. The van der Waals surface area contributed by atoms with Gasteiger partial charge in [-0.3, -0.25) is 0 Å². The van der Waals surface area contributed by atoms with E-state index in [0.29, 0.717) is 17.7 Å². The zero-order valence-electron chi connectivity index (χ0n) is 11.3. The lowest BCUT2D eigenvalue weighted by molar-refractivity contribution is 0.351. The Morgan fingerprint density at radius 1 is 1.32 bits per heavy atom. The highest BCUT2D eigenvalue weighted by molar-refractivity contribution is 5.30. The third-order valence-corrected chi connectivity index (χ3v) is 4.02. The topological polar surface area (TPSA) is 64.9 Å². The first-order valence-corrected chi connectivity index (χ1v) is 6.79. The van der Waals surface area contributed by atoms with Crippen molar-refractivity contribution in [3.8, 4) is 0 Å². The lowest BCUT2D eigenvalue weighted by atomic mass is 10.00. The van der Waals surface area contributed by atoms with Crippen molar-refractivity contribution in [2.75, 3.05) is 0 Å². The molecule has 1 aromatic heterocycles. The summed E-state index contributed by atoms with van der Waals surface area (Å²) in [5.74, 6) is 2.22. The Balaban J connectivity index is 1.76. The predicted molar refractivity (Wildman–Crippen MR) is 72.7 cm³/mol. The summed E-state index contributed by atoms with van der Waals surface area (Å²) in [5, 5.41) is 4.04. The van der Waals surface area contributed by atoms with E-state index in [-0.39, 0.29) is 0 Å². The highest BCUT2D eigenvalue weighted by Gasteiger charge is 2.44. The minimum Gasteiger partial charge on any atom is -0.339 e. The molecule has 1 heterocycles. The molecule has 0 radical (unpaired) electrons. The van der Waals surface area contributed by atoms with E-state index in [1.807, 2.05) is 19.9 Å². The van der Waals surface area contributed by atoms with Crippen LogP contribution in [0.25, 0.3) is 0 Å². The molecule has 2 N–H and O–H groups in total. The van der Waals surface area contributed by atoms with Gasteiger partial charge in [0.15, 0.2) is 5.82 Å². The Labute approximate surface area is 113 Å². The molecule has 3 atom stereocenters. The number of hydrogen-bond donors (Lipinski definition) is 1. The van der Waals surface area contributed by atoms with Crippen LogP contribution in [0, 0.1) is 0 Å². The molecule has 19 heavy (non-hydrogen) atoms. The standard InChI is InChI=1S/C15H19N3O/c1-3-15(2,16)14-17-13(19-18-14)12-9-11(12)10-7-5-4-6-8-10/h4-8,11-12H,3,9,16H2,1-2H3. The summed E-state index contributed by atoms with van der Waals surface area (Å²) >= 11 is 0. The van der Waals surface area contributed by atoms with Crippen molar-refractivity contribution < 1.29 is 4.52 Å². The monoisotopic (exact) mass is 257 g/mol. The van der Waals surface area contributed by atoms with Gasteiger partial charge >= 0.3 is 0 Å². The van der Waals surface area contributed by atoms with Crippen LogP contribution in [0.2, 0.25) is 0 Å². The van der Waals surface area contributed by atoms with Crippen molar-refractivity contribution >= 4 is 0 Å². The van der Waals surface area contributed by atoms with Crippen LogP contribution in [0.4, 0.5) is 0 Å². The summed E-state index contributed by atoms with van der Waals surface area (Å²) in [4.78, 5) is 4.49. The van der Waals surface area contributed by atoms with Crippen LogP contribution in [0.15, 0.2) is 34.9 Å². The second-order valence-corrected chi connectivity index (χ2v) is 5.59. The van der Waals surface area contributed by atoms with Gasteiger partial charge in [-0.25, -0.2) is 0 Å². The lowest BCUT2D eigenvalue weighted by Gasteiger charge is -2.16. The van der Waals surface area contributed by atoms with E-state index in [9.17, 15) is 0 Å². The van der Waals surface area contributed by atoms with E-state index in [4.69, 9.17) is 10.3 Å². The molecule has 3 rings (SSSR count). The molecule has 0 saturated heterocycles. The summed E-state index contributed by atoms with van der Waals surface area (Å²) in [6, 6.07) is 10.5. The third-order valence-electron chi connectivity index (χ3n) is 4.02. The Morgan fingerprint density at radius 3 is 2.74 bits per heavy atom. The number of nitrogens with zero attached hydrogens (tertiary/aromatic N) is 2. The molecule has 100 valence electrons. The first kappa shape index (κ1) is 12.4. The van der Waals surface area contributed by atoms with Gasteiger partial charge in [0, 0.05) is 5.92 Å². The fraction of sp³-hybridized carbons (Fsp3) is 0.467. The van der Waals surface area contributed by atoms with Crippen molar-refractivity contribution in [2.24, 2.45) is 5.73 Å². The summed E-state index contributed by atoms with van der Waals surface area (Å²) in [7, 11) is 0. The number of rotatable bonds is 4. The number of nitrogens with two attached hydrogens (primary N) is 1. The number of hydrogen-bond acceptors (Lipinski definition) is 4. The molecule has 0 amide bonds. The lowest BCUT2D eigenvalue weighted by Crippen LogP contribution is -2.33. The average molecular weight is 257 g/mol. The Morgan fingerprint density at radius 2 is 2.05 bits per heavy atom. The van der Waals surface area contributed by atoms with Crippen LogP contribution in [0.5, 0.6) is 0 Å². The van der Waals surface area contributed by atoms with Crippen molar-refractivity contribution in [1.82, 2.24) is 10.1 Å². The number of aromatic nitrogens is 2. The van der Waals surface area contributed by atoms with Crippen LogP contribution in [-0.4, -0.2) is 10.1 Å². The molecule has 0 bridgehead atoms. The first-order valence-electron chi connectivity index (χ1n) is 6.79. The summed E-state index contributed by atoms with van der Waals surface area (Å²) < 4.78 is 5.39. The third kappa shape index (κ3) is 2.28. The molecule has 4 nitrogen and oxygen atoms in total. The van der Waals surface area contributed by atoms with Crippen LogP contribution in [-0.2, 0) is 5.54 Å². The van der Waals surface area contributed by atoms with E-state index < -0.39 is 5.54 Å². The molecule has 1 aliphatic rings. The second-order valence-electron chi connectivity index (χ2n) is 5.59. The summed E-state index contributed by atoms with van der Waals surface area (Å²) in [6.07, 6.45) is 1.87. The minimum absolute atomic E-state index is 0.358. The van der Waals surface area contributed by atoms with Crippen molar-refractivity contribution in [1.29, 1.82) is 0 Å². The second kappa shape index (κ2) is 4.46. The molecule has 3 unspecified atom stereocenters. The van der Waals surface area contributed by atoms with Crippen LogP contribution >= 0.6 is 0 Å². The molecule has 0 aliphatic heterocycles. The van der Waals surface area contributed by atoms with Gasteiger partial charge in [-0.15, -0.1) is 0 Å². The van der Waals surface area contributed by atoms with Gasteiger partial charge < -0.3 is 10.3 Å². The average Bonchev–Trinajstić information content (AvgIpc) is 3.08. The summed E-state index contributed by atoms with van der Waals surface area (Å²) in [6.45, 7) is 3.96. The molecular formula is C15H19N3O. The largest absolute Gasteiger partial charge is 0.339 e. The molecule has 1 fully saturated rings. The molecule has 1 saturated carbocycles. The van der Waals surface area contributed by atoms with E-state index in [1.165, 1.54) is 5.56 Å². The van der Waals surface area contributed by atoms with Gasteiger partial charge in [-0.2, -0.15) is 4.98 Å². The Bertz CT molecular complexity index is 562. The van der Waals surface area contributed by atoms with Gasteiger partial charge in [0.2, 0.25) is 5.89 Å². The fourth-order valence-corrected chi connectivity index (χ4v) is 2.31. The Kier molecular flexibility index (Phi) is 2.90. The zero-order chi connectivity index (χ0) is 13.5. The fourth-order valence-electron chi connectivity index (χ4n) is 2.31. The zero-order valence-corrected chi connectivity index (χ0v) is 11.3. The van der Waals surface area contributed by atoms with Gasteiger partial charge in [0.1, 0.15) is 0 Å². The molecule has 4 heteroatoms. The molecular weight excluding hydrogens is 238 g/mol. The van der Waals surface area contributed by atoms with Crippen LogP contribution < -0.4 is 5.73 Å². The van der Waals surface area contributed by atoms with Crippen molar-refractivity contribution in [2.45, 2.75) is 44.1 Å². The van der Waals surface area contributed by atoms with E-state index in [0.717, 1.165) is 18.7 Å². The van der Waals surface area contributed by atoms with Gasteiger partial charge in [-0.05, 0) is 31.2 Å². The highest BCUT2D eigenvalue weighted by Crippen LogP contribution is 2.54. The maximum atomic E-state index is 6.13. The van der Waals surface area contributed by atoms with Crippen molar-refractivity contribution in [3.05, 3.63) is 47.6 Å². The van der Waals surface area contributed by atoms with Crippen molar-refractivity contribution in [3.63, 3.8) is 0 Å². The van der Waals surface area contributed by atoms with Gasteiger partial charge in [-0.1, -0.05) is 42.4 Å². The minimum atomic E-state index is -0.501. The molecule has 1 aliphatic carbocycles. The maximum Gasteiger partial charge on any atom is 0.230 e. The SMILES string of the molecule is CCC(C)(N)c1noc(C2CC2c2ccccc2)n1. The summed E-state index contributed by atoms with van der Waals surface area (Å²) in [5.41, 5.74) is 6.98. The van der Waals surface area contributed by atoms with E-state index in [1.54, 1.807) is 0 Å². The normalized spacial score (nSPS) is 25.0.